The first-order chi connectivity index (χ1) is 16.1. The molecule has 1 atom stereocenters. The summed E-state index contributed by atoms with van der Waals surface area (Å²) in [7, 11) is 0. The fraction of sp³-hybridized carbons (Fsp3) is 0.519. The highest BCUT2D eigenvalue weighted by Crippen LogP contribution is 2.36. The van der Waals surface area contributed by atoms with Gasteiger partial charge in [-0.2, -0.15) is 0 Å². The van der Waals surface area contributed by atoms with Gasteiger partial charge < -0.3 is 21.4 Å². The minimum Gasteiger partial charge on any atom is -0.354 e. The summed E-state index contributed by atoms with van der Waals surface area (Å²) >= 11 is 0. The molecule has 1 aliphatic rings. The molecule has 7 heteroatoms. The largest absolute Gasteiger partial charge is 0.354 e. The van der Waals surface area contributed by atoms with Gasteiger partial charge >= 0.3 is 0 Å². The number of unbranched alkanes of at least 4 members (excludes halogenated alkanes) is 1. The Hall–Kier alpha value is -2.93. The summed E-state index contributed by atoms with van der Waals surface area (Å²) in [5.74, 6) is -0.490. The van der Waals surface area contributed by atoms with Crippen molar-refractivity contribution in [2.24, 2.45) is 11.1 Å². The highest BCUT2D eigenvalue weighted by molar-refractivity contribution is 6.05. The first kappa shape index (κ1) is 25.7. The Labute approximate surface area is 202 Å². The summed E-state index contributed by atoms with van der Waals surface area (Å²) in [4.78, 5) is 42.0. The third-order valence-corrected chi connectivity index (χ3v) is 6.52. The summed E-state index contributed by atoms with van der Waals surface area (Å²) in [6.07, 6.45) is 4.29. The average Bonchev–Trinajstić information content (AvgIpc) is 3.11. The van der Waals surface area contributed by atoms with E-state index in [0.29, 0.717) is 49.2 Å². The van der Waals surface area contributed by atoms with E-state index in [1.807, 2.05) is 24.3 Å². The SMILES string of the molecule is CCCCC(NC(=O)c1[nH]c2c(c1C)C(=O)CC(C)(C)C2)C(=O)NCc1ccc(CCN)cc1. The lowest BCUT2D eigenvalue weighted by molar-refractivity contribution is -0.123. The summed E-state index contributed by atoms with van der Waals surface area (Å²) in [6.45, 7) is 8.96. The second-order valence-electron chi connectivity index (χ2n) is 10.2. The second kappa shape index (κ2) is 11.0. The molecule has 0 saturated carbocycles. The molecule has 2 aromatic rings. The van der Waals surface area contributed by atoms with Crippen molar-refractivity contribution < 1.29 is 14.4 Å². The molecule has 3 rings (SSSR count). The van der Waals surface area contributed by atoms with E-state index in [0.717, 1.165) is 36.1 Å². The van der Waals surface area contributed by atoms with Gasteiger partial charge in [0.05, 0.1) is 0 Å². The van der Waals surface area contributed by atoms with Crippen molar-refractivity contribution in [1.82, 2.24) is 15.6 Å². The van der Waals surface area contributed by atoms with E-state index in [-0.39, 0.29) is 23.0 Å². The maximum atomic E-state index is 13.2. The first-order valence-electron chi connectivity index (χ1n) is 12.3. The predicted octanol–water partition coefficient (Wildman–Crippen LogP) is 3.58. The van der Waals surface area contributed by atoms with E-state index in [1.54, 1.807) is 6.92 Å². The Bertz CT molecular complexity index is 1040. The number of aromatic amines is 1. The smallest absolute Gasteiger partial charge is 0.268 e. The predicted molar refractivity (Wildman–Crippen MR) is 134 cm³/mol. The van der Waals surface area contributed by atoms with Gasteiger partial charge in [0.1, 0.15) is 11.7 Å². The minimum absolute atomic E-state index is 0.0665. The molecular weight excluding hydrogens is 428 g/mol. The van der Waals surface area contributed by atoms with Crippen molar-refractivity contribution in [3.05, 3.63) is 57.9 Å². The molecule has 0 aliphatic heterocycles. The fourth-order valence-corrected chi connectivity index (χ4v) is 4.67. The topological polar surface area (TPSA) is 117 Å². The molecule has 1 unspecified atom stereocenters. The maximum Gasteiger partial charge on any atom is 0.268 e. The summed E-state index contributed by atoms with van der Waals surface area (Å²) < 4.78 is 0. The van der Waals surface area contributed by atoms with Gasteiger partial charge in [0.25, 0.3) is 5.91 Å². The molecule has 5 N–H and O–H groups in total. The number of hydrogen-bond acceptors (Lipinski definition) is 4. The Morgan fingerprint density at radius 1 is 1.15 bits per heavy atom. The molecule has 1 heterocycles. The molecule has 0 radical (unpaired) electrons. The van der Waals surface area contributed by atoms with E-state index in [4.69, 9.17) is 5.73 Å². The lowest BCUT2D eigenvalue weighted by Gasteiger charge is -2.28. The lowest BCUT2D eigenvalue weighted by Crippen LogP contribution is -2.46. The number of benzene rings is 1. The number of nitrogens with one attached hydrogen (secondary N) is 3. The molecule has 2 amide bonds. The normalized spacial score (nSPS) is 15.5. The summed E-state index contributed by atoms with van der Waals surface area (Å²) in [6, 6.07) is 7.36. The van der Waals surface area contributed by atoms with Gasteiger partial charge in [-0.25, -0.2) is 0 Å². The van der Waals surface area contributed by atoms with Crippen LogP contribution in [0.25, 0.3) is 0 Å². The molecular formula is C27H38N4O3. The first-order valence-corrected chi connectivity index (χ1v) is 12.3. The third kappa shape index (κ3) is 6.14. The van der Waals surface area contributed by atoms with Gasteiger partial charge in [-0.05, 0) is 54.8 Å². The number of amides is 2. The van der Waals surface area contributed by atoms with Crippen LogP contribution in [0.1, 0.15) is 89.7 Å². The van der Waals surface area contributed by atoms with Gasteiger partial charge in [-0.1, -0.05) is 57.9 Å². The zero-order valence-electron chi connectivity index (χ0n) is 20.8. The molecule has 0 fully saturated rings. The number of fused-ring (bicyclic) bond motifs is 1. The molecule has 184 valence electrons. The van der Waals surface area contributed by atoms with E-state index in [9.17, 15) is 14.4 Å². The third-order valence-electron chi connectivity index (χ3n) is 6.52. The second-order valence-corrected chi connectivity index (χ2v) is 10.2. The lowest BCUT2D eigenvalue weighted by atomic mass is 9.75. The number of ketones is 1. The van der Waals surface area contributed by atoms with Crippen molar-refractivity contribution in [2.45, 2.75) is 78.8 Å². The zero-order chi connectivity index (χ0) is 24.9. The van der Waals surface area contributed by atoms with Crippen molar-refractivity contribution in [3.8, 4) is 0 Å². The highest BCUT2D eigenvalue weighted by atomic mass is 16.2. The molecule has 7 nitrogen and oxygen atoms in total. The monoisotopic (exact) mass is 466 g/mol. The number of nitrogens with two attached hydrogens (primary N) is 1. The molecule has 0 saturated heterocycles. The Morgan fingerprint density at radius 2 is 1.82 bits per heavy atom. The number of hydrogen-bond donors (Lipinski definition) is 4. The number of carbonyl (C=O) groups is 3. The highest BCUT2D eigenvalue weighted by Gasteiger charge is 2.35. The fourth-order valence-electron chi connectivity index (χ4n) is 4.67. The molecule has 1 aromatic heterocycles. The van der Waals surface area contributed by atoms with Crippen LogP contribution in [0.5, 0.6) is 0 Å². The van der Waals surface area contributed by atoms with Gasteiger partial charge in [0, 0.05) is 24.2 Å². The average molecular weight is 467 g/mol. The number of aromatic nitrogens is 1. The molecule has 0 bridgehead atoms. The number of carbonyl (C=O) groups excluding carboxylic acids is 3. The van der Waals surface area contributed by atoms with Gasteiger partial charge in [0.15, 0.2) is 5.78 Å². The van der Waals surface area contributed by atoms with Crippen LogP contribution in [0.3, 0.4) is 0 Å². The van der Waals surface area contributed by atoms with Crippen molar-refractivity contribution in [1.29, 1.82) is 0 Å². The molecule has 1 aromatic carbocycles. The number of H-pyrrole nitrogens is 1. The van der Waals surface area contributed by atoms with Crippen molar-refractivity contribution >= 4 is 17.6 Å². The van der Waals surface area contributed by atoms with Crippen LogP contribution in [-0.4, -0.2) is 35.2 Å². The molecule has 0 spiro atoms. The van der Waals surface area contributed by atoms with Crippen LogP contribution < -0.4 is 16.4 Å². The number of rotatable bonds is 10. The molecule has 34 heavy (non-hydrogen) atoms. The van der Waals surface area contributed by atoms with Gasteiger partial charge in [-0.15, -0.1) is 0 Å². The van der Waals surface area contributed by atoms with Crippen LogP contribution >= 0.6 is 0 Å². The standard InChI is InChI=1S/C27H38N4O3/c1-5-6-7-20(25(33)29-16-19-10-8-18(9-11-19)12-13-28)31-26(34)24-17(2)23-21(30-24)14-27(3,4)15-22(23)32/h8-11,20,30H,5-7,12-16,28H2,1-4H3,(H,29,33)(H,31,34). The van der Waals surface area contributed by atoms with E-state index in [1.165, 1.54) is 0 Å². The van der Waals surface area contributed by atoms with Crippen molar-refractivity contribution in [3.63, 3.8) is 0 Å². The zero-order valence-corrected chi connectivity index (χ0v) is 20.8. The number of Topliss-reactive ketones (excluding diaryl/α,β-unsaturated/α-hetero) is 1. The van der Waals surface area contributed by atoms with Gasteiger partial charge in [-0.3, -0.25) is 14.4 Å². The van der Waals surface area contributed by atoms with E-state index in [2.05, 4.69) is 36.4 Å². The minimum atomic E-state index is -0.643. The van der Waals surface area contributed by atoms with Crippen LogP contribution in [-0.2, 0) is 24.2 Å². The maximum absolute atomic E-state index is 13.2. The van der Waals surface area contributed by atoms with E-state index >= 15 is 0 Å². The summed E-state index contributed by atoms with van der Waals surface area (Å²) in [5.41, 5.74) is 10.1. The molecule has 1 aliphatic carbocycles. The van der Waals surface area contributed by atoms with Crippen molar-refractivity contribution in [2.75, 3.05) is 6.54 Å². The van der Waals surface area contributed by atoms with Crippen LogP contribution in [0.4, 0.5) is 0 Å². The van der Waals surface area contributed by atoms with E-state index < -0.39 is 6.04 Å². The Balaban J connectivity index is 1.69. The Morgan fingerprint density at radius 3 is 2.47 bits per heavy atom. The van der Waals surface area contributed by atoms with Crippen LogP contribution in [0, 0.1) is 12.3 Å². The summed E-state index contributed by atoms with van der Waals surface area (Å²) in [5, 5.41) is 5.86. The van der Waals surface area contributed by atoms with Gasteiger partial charge in [0.2, 0.25) is 5.91 Å². The van der Waals surface area contributed by atoms with Crippen LogP contribution in [0.2, 0.25) is 0 Å². The quantitative estimate of drug-likeness (QED) is 0.428. The Kier molecular flexibility index (Phi) is 8.31. The van der Waals surface area contributed by atoms with Crippen LogP contribution in [0.15, 0.2) is 24.3 Å².